The van der Waals surface area contributed by atoms with Gasteiger partial charge in [0, 0.05) is 19.6 Å². The van der Waals surface area contributed by atoms with E-state index in [4.69, 9.17) is 10.5 Å². The van der Waals surface area contributed by atoms with Gasteiger partial charge < -0.3 is 10.5 Å². The Bertz CT molecular complexity index is 281. The lowest BCUT2D eigenvalue weighted by Gasteiger charge is -2.33. The minimum atomic E-state index is -3.28. The van der Waals surface area contributed by atoms with E-state index in [2.05, 4.69) is 0 Å². The van der Waals surface area contributed by atoms with Crippen LogP contribution in [0.15, 0.2) is 0 Å². The number of nitrogens with zero attached hydrogens (tertiary/aromatic N) is 1. The Morgan fingerprint density at radius 2 is 1.86 bits per heavy atom. The van der Waals surface area contributed by atoms with Gasteiger partial charge in [-0.25, -0.2) is 8.42 Å². The van der Waals surface area contributed by atoms with Gasteiger partial charge in [0.1, 0.15) is 0 Å². The number of hydrogen-bond acceptors (Lipinski definition) is 4. The first-order valence-corrected chi connectivity index (χ1v) is 6.13. The maximum absolute atomic E-state index is 12.0. The Morgan fingerprint density at radius 1 is 1.36 bits per heavy atom. The summed E-state index contributed by atoms with van der Waals surface area (Å²) >= 11 is 0. The summed E-state index contributed by atoms with van der Waals surface area (Å²) in [4.78, 5) is 0. The molecular formula is C8H18N2O3S. The van der Waals surface area contributed by atoms with Crippen LogP contribution in [0.1, 0.15) is 13.8 Å². The van der Waals surface area contributed by atoms with Gasteiger partial charge in [-0.15, -0.1) is 0 Å². The van der Waals surface area contributed by atoms with Crippen LogP contribution in [0.25, 0.3) is 0 Å². The van der Waals surface area contributed by atoms with Crippen LogP contribution in [-0.2, 0) is 14.8 Å². The second kappa shape index (κ2) is 4.14. The van der Waals surface area contributed by atoms with Crippen LogP contribution in [-0.4, -0.2) is 50.3 Å². The van der Waals surface area contributed by atoms with E-state index < -0.39 is 14.8 Å². The van der Waals surface area contributed by atoms with Crippen molar-refractivity contribution in [2.24, 2.45) is 5.73 Å². The van der Waals surface area contributed by atoms with Gasteiger partial charge in [0.2, 0.25) is 10.0 Å². The largest absolute Gasteiger partial charge is 0.379 e. The molecule has 0 aliphatic carbocycles. The molecule has 0 amide bonds. The minimum absolute atomic E-state index is 0.132. The van der Waals surface area contributed by atoms with E-state index in [0.717, 1.165) is 0 Å². The van der Waals surface area contributed by atoms with Gasteiger partial charge in [-0.2, -0.15) is 4.31 Å². The monoisotopic (exact) mass is 222 g/mol. The lowest BCUT2D eigenvalue weighted by molar-refractivity contribution is 0.0721. The lowest BCUT2D eigenvalue weighted by atomic mass is 10.2. The molecule has 1 aliphatic rings. The number of ether oxygens (including phenoxy) is 1. The molecule has 0 aromatic rings. The summed E-state index contributed by atoms with van der Waals surface area (Å²) in [5, 5.41) is 0. The Kier molecular flexibility index (Phi) is 3.52. The number of sulfonamides is 1. The number of hydrogen-bond donors (Lipinski definition) is 1. The molecule has 0 spiro atoms. The minimum Gasteiger partial charge on any atom is -0.379 e. The fourth-order valence-corrected chi connectivity index (χ4v) is 2.78. The summed E-state index contributed by atoms with van der Waals surface area (Å²) in [5.41, 5.74) is 5.46. The van der Waals surface area contributed by atoms with Gasteiger partial charge in [-0.05, 0) is 13.8 Å². The first-order chi connectivity index (χ1) is 6.42. The quantitative estimate of drug-likeness (QED) is 0.691. The zero-order chi connectivity index (χ0) is 10.8. The van der Waals surface area contributed by atoms with Crippen LogP contribution in [0.3, 0.4) is 0 Å². The molecule has 5 nitrogen and oxygen atoms in total. The first-order valence-electron chi connectivity index (χ1n) is 4.69. The highest BCUT2D eigenvalue weighted by Crippen LogP contribution is 2.20. The van der Waals surface area contributed by atoms with Crippen LogP contribution in [0.4, 0.5) is 0 Å². The summed E-state index contributed by atoms with van der Waals surface area (Å²) in [6.07, 6.45) is 0. The molecule has 1 rings (SSSR count). The van der Waals surface area contributed by atoms with Crippen LogP contribution >= 0.6 is 0 Å². The maximum atomic E-state index is 12.0. The van der Waals surface area contributed by atoms with E-state index in [-0.39, 0.29) is 6.54 Å². The molecule has 6 heteroatoms. The van der Waals surface area contributed by atoms with Crippen LogP contribution in [0, 0.1) is 0 Å². The second-order valence-corrected chi connectivity index (χ2v) is 6.55. The fourth-order valence-electron chi connectivity index (χ4n) is 1.24. The zero-order valence-corrected chi connectivity index (χ0v) is 9.51. The van der Waals surface area contributed by atoms with Crippen LogP contribution in [0.5, 0.6) is 0 Å². The van der Waals surface area contributed by atoms with E-state index in [1.807, 2.05) is 0 Å². The third-order valence-corrected chi connectivity index (χ3v) is 5.11. The van der Waals surface area contributed by atoms with E-state index in [9.17, 15) is 8.42 Å². The predicted octanol–water partition coefficient (Wildman–Crippen LogP) is -0.614. The summed E-state index contributed by atoms with van der Waals surface area (Å²) < 4.78 is 29.7. The number of morpholine rings is 1. The molecule has 1 fully saturated rings. The molecule has 84 valence electrons. The third kappa shape index (κ3) is 2.08. The average molecular weight is 222 g/mol. The third-order valence-electron chi connectivity index (χ3n) is 2.50. The molecule has 0 radical (unpaired) electrons. The normalized spacial score (nSPS) is 21.1. The smallest absolute Gasteiger partial charge is 0.220 e. The van der Waals surface area contributed by atoms with Crippen molar-refractivity contribution in [3.05, 3.63) is 0 Å². The lowest BCUT2D eigenvalue weighted by Crippen LogP contribution is -2.52. The van der Waals surface area contributed by atoms with Gasteiger partial charge in [-0.3, -0.25) is 0 Å². The Morgan fingerprint density at radius 3 is 2.29 bits per heavy atom. The van der Waals surface area contributed by atoms with Crippen LogP contribution in [0.2, 0.25) is 0 Å². The summed E-state index contributed by atoms with van der Waals surface area (Å²) in [5.74, 6) is 0. The molecule has 1 saturated heterocycles. The van der Waals surface area contributed by atoms with Crippen molar-refractivity contribution in [2.75, 3.05) is 32.8 Å². The zero-order valence-electron chi connectivity index (χ0n) is 8.69. The highest BCUT2D eigenvalue weighted by molar-refractivity contribution is 7.90. The predicted molar refractivity (Wildman–Crippen MR) is 54.4 cm³/mol. The molecule has 2 N–H and O–H groups in total. The SMILES string of the molecule is CC(C)(CN)S(=O)(=O)N1CCOCC1. The maximum Gasteiger partial charge on any atom is 0.220 e. The van der Waals surface area contributed by atoms with Gasteiger partial charge in [0.25, 0.3) is 0 Å². The van der Waals surface area contributed by atoms with E-state index in [1.165, 1.54) is 4.31 Å². The van der Waals surface area contributed by atoms with E-state index in [1.54, 1.807) is 13.8 Å². The van der Waals surface area contributed by atoms with E-state index >= 15 is 0 Å². The van der Waals surface area contributed by atoms with E-state index in [0.29, 0.717) is 26.3 Å². The molecule has 1 aliphatic heterocycles. The topological polar surface area (TPSA) is 72.6 Å². The Labute approximate surface area is 85.3 Å². The van der Waals surface area contributed by atoms with Gasteiger partial charge in [-0.1, -0.05) is 0 Å². The Hall–Kier alpha value is -0.170. The molecule has 0 bridgehead atoms. The molecule has 0 unspecified atom stereocenters. The highest BCUT2D eigenvalue weighted by Gasteiger charge is 2.38. The van der Waals surface area contributed by atoms with Gasteiger partial charge in [0.15, 0.2) is 0 Å². The van der Waals surface area contributed by atoms with Crippen molar-refractivity contribution < 1.29 is 13.2 Å². The number of rotatable bonds is 3. The van der Waals surface area contributed by atoms with Gasteiger partial charge in [0.05, 0.1) is 18.0 Å². The standard InChI is InChI=1S/C8H18N2O3S/c1-8(2,7-9)14(11,12)10-3-5-13-6-4-10/h3-7,9H2,1-2H3. The van der Waals surface area contributed by atoms with Crippen molar-refractivity contribution in [3.8, 4) is 0 Å². The van der Waals surface area contributed by atoms with Crippen LogP contribution < -0.4 is 5.73 Å². The molecule has 0 saturated carbocycles. The summed E-state index contributed by atoms with van der Waals surface area (Å²) in [7, 11) is -3.28. The Balaban J connectivity index is 2.83. The molecule has 0 aromatic carbocycles. The van der Waals surface area contributed by atoms with Crippen molar-refractivity contribution in [2.45, 2.75) is 18.6 Å². The van der Waals surface area contributed by atoms with Crippen molar-refractivity contribution in [3.63, 3.8) is 0 Å². The molecule has 0 aromatic heterocycles. The summed E-state index contributed by atoms with van der Waals surface area (Å²) in [6.45, 7) is 5.25. The van der Waals surface area contributed by atoms with Crippen molar-refractivity contribution in [1.82, 2.24) is 4.31 Å². The first kappa shape index (κ1) is 11.9. The molecule has 14 heavy (non-hydrogen) atoms. The number of nitrogens with two attached hydrogens (primary N) is 1. The second-order valence-electron chi connectivity index (χ2n) is 3.98. The molecule has 0 atom stereocenters. The van der Waals surface area contributed by atoms with Crippen molar-refractivity contribution in [1.29, 1.82) is 0 Å². The molecule has 1 heterocycles. The van der Waals surface area contributed by atoms with Crippen molar-refractivity contribution >= 4 is 10.0 Å². The average Bonchev–Trinajstić information content (AvgIpc) is 2.19. The van der Waals surface area contributed by atoms with Gasteiger partial charge >= 0.3 is 0 Å². The molecular weight excluding hydrogens is 204 g/mol. The fraction of sp³-hybridized carbons (Fsp3) is 1.00. The highest BCUT2D eigenvalue weighted by atomic mass is 32.2. The summed E-state index contributed by atoms with van der Waals surface area (Å²) in [6, 6.07) is 0.